The molecule has 1 N–H and O–H groups in total. The Kier molecular flexibility index (Phi) is 7.04. The van der Waals surface area contributed by atoms with E-state index < -0.39 is 17.8 Å². The Morgan fingerprint density at radius 1 is 1.09 bits per heavy atom. The smallest absolute Gasteiger partial charge is 0.309 e. The molecule has 2 atom stereocenters. The van der Waals surface area contributed by atoms with Crippen molar-refractivity contribution in [3.8, 4) is 5.75 Å². The third-order valence-corrected chi connectivity index (χ3v) is 6.65. The number of hydrogen-bond acceptors (Lipinski definition) is 5. The lowest BCUT2D eigenvalue weighted by molar-refractivity contribution is -0.189. The average Bonchev–Trinajstić information content (AvgIpc) is 2.81. The number of esters is 1. The fourth-order valence-corrected chi connectivity index (χ4v) is 4.78. The van der Waals surface area contributed by atoms with Crippen LogP contribution in [0.1, 0.15) is 63.2 Å². The molecule has 0 saturated heterocycles. The monoisotopic (exact) mass is 437 g/mol. The fourth-order valence-electron chi connectivity index (χ4n) is 4.78. The topological polar surface area (TPSA) is 56.8 Å². The van der Waals surface area contributed by atoms with Gasteiger partial charge in [-0.25, -0.2) is 0 Å². The van der Waals surface area contributed by atoms with Crippen LogP contribution in [0.25, 0.3) is 0 Å². The quantitative estimate of drug-likeness (QED) is 0.564. The average molecular weight is 438 g/mol. The molecule has 4 rings (SSSR count). The van der Waals surface area contributed by atoms with Crippen molar-refractivity contribution in [1.82, 2.24) is 0 Å². The molecule has 32 heavy (non-hydrogen) atoms. The zero-order chi connectivity index (χ0) is 22.6. The number of carbonyl (C=O) groups is 1. The summed E-state index contributed by atoms with van der Waals surface area (Å²) in [6, 6.07) is 16.3. The van der Waals surface area contributed by atoms with Crippen LogP contribution in [0, 0.1) is 5.92 Å². The van der Waals surface area contributed by atoms with Crippen molar-refractivity contribution in [2.24, 2.45) is 5.92 Å². The van der Waals surface area contributed by atoms with E-state index in [1.165, 1.54) is 12.0 Å². The fraction of sp³-hybridized carbons (Fsp3) is 0.519. The van der Waals surface area contributed by atoms with Crippen molar-refractivity contribution in [2.45, 2.75) is 70.2 Å². The van der Waals surface area contributed by atoms with E-state index in [-0.39, 0.29) is 11.9 Å². The highest BCUT2D eigenvalue weighted by molar-refractivity contribution is 5.73. The summed E-state index contributed by atoms with van der Waals surface area (Å²) in [5.41, 5.74) is 2.42. The maximum Gasteiger partial charge on any atom is 0.309 e. The van der Waals surface area contributed by atoms with Crippen molar-refractivity contribution in [3.05, 3.63) is 59.7 Å². The van der Waals surface area contributed by atoms with E-state index in [4.69, 9.17) is 14.2 Å². The number of benzene rings is 2. The van der Waals surface area contributed by atoms with E-state index in [0.717, 1.165) is 49.1 Å². The third kappa shape index (κ3) is 5.09. The first-order valence-electron chi connectivity index (χ1n) is 11.8. The molecule has 0 radical (unpaired) electrons. The highest BCUT2D eigenvalue weighted by Gasteiger charge is 2.48. The molecule has 1 aliphatic carbocycles. The first-order chi connectivity index (χ1) is 15.5. The van der Waals surface area contributed by atoms with Crippen molar-refractivity contribution < 1.29 is 19.0 Å². The summed E-state index contributed by atoms with van der Waals surface area (Å²) in [5.74, 6) is 0.648. The van der Waals surface area contributed by atoms with E-state index >= 15 is 0 Å². The van der Waals surface area contributed by atoms with Crippen LogP contribution >= 0.6 is 0 Å². The summed E-state index contributed by atoms with van der Waals surface area (Å²) in [6.07, 6.45) is 5.09. The van der Waals surface area contributed by atoms with Gasteiger partial charge in [-0.1, -0.05) is 49.6 Å². The Bertz CT molecular complexity index is 905. The van der Waals surface area contributed by atoms with Crippen LogP contribution < -0.4 is 10.1 Å². The van der Waals surface area contributed by atoms with Gasteiger partial charge in [0.1, 0.15) is 17.5 Å². The minimum Gasteiger partial charge on any atom is -0.483 e. The molecule has 172 valence electrons. The van der Waals surface area contributed by atoms with E-state index in [0.29, 0.717) is 6.61 Å². The largest absolute Gasteiger partial charge is 0.483 e. The lowest BCUT2D eigenvalue weighted by atomic mass is 9.86. The molecule has 1 fully saturated rings. The maximum atomic E-state index is 13.1. The zero-order valence-corrected chi connectivity index (χ0v) is 19.4. The molecule has 1 heterocycles. The molecular formula is C27H35NO4. The highest BCUT2D eigenvalue weighted by Crippen LogP contribution is 2.45. The number of fused-ring (bicyclic) bond motifs is 1. The van der Waals surface area contributed by atoms with Crippen LogP contribution in [0.15, 0.2) is 48.5 Å². The number of nitrogens with one attached hydrogen (secondary N) is 1. The molecular weight excluding hydrogens is 402 g/mol. The van der Waals surface area contributed by atoms with Gasteiger partial charge >= 0.3 is 5.97 Å². The minimum atomic E-state index is -0.699. The van der Waals surface area contributed by atoms with E-state index in [1.807, 2.05) is 57.3 Å². The second-order valence-electron chi connectivity index (χ2n) is 9.43. The number of rotatable bonds is 7. The van der Waals surface area contributed by atoms with Gasteiger partial charge < -0.3 is 19.5 Å². The van der Waals surface area contributed by atoms with E-state index in [2.05, 4.69) is 17.4 Å². The molecule has 2 unspecified atom stereocenters. The normalized spacial score (nSPS) is 22.5. The standard InChI is InChI=1S/C27H35NO4/c1-27(2)25(31-26(29)20-12-8-5-9-13-20)24(30-17-16-19-10-6-4-7-11-19)22-18-21(28-3)14-15-23(22)32-27/h4,6-7,10-11,14-15,18,20,24-25,28H,5,8-9,12-13,16-17H2,1-3H3. The zero-order valence-electron chi connectivity index (χ0n) is 19.4. The van der Waals surface area contributed by atoms with Crippen LogP contribution in [-0.2, 0) is 20.7 Å². The maximum absolute atomic E-state index is 13.1. The lowest BCUT2D eigenvalue weighted by Gasteiger charge is -2.44. The van der Waals surface area contributed by atoms with Crippen molar-refractivity contribution in [1.29, 1.82) is 0 Å². The first-order valence-corrected chi connectivity index (χ1v) is 11.8. The van der Waals surface area contributed by atoms with Gasteiger partial charge in [0.15, 0.2) is 6.10 Å². The molecule has 1 aliphatic heterocycles. The van der Waals surface area contributed by atoms with Gasteiger partial charge in [0.2, 0.25) is 0 Å². The number of carbonyl (C=O) groups excluding carboxylic acids is 1. The highest BCUT2D eigenvalue weighted by atomic mass is 16.6. The Hall–Kier alpha value is -2.53. The van der Waals surface area contributed by atoms with Gasteiger partial charge in [0.05, 0.1) is 12.5 Å². The summed E-state index contributed by atoms with van der Waals surface area (Å²) in [5, 5.41) is 3.19. The Morgan fingerprint density at radius 3 is 2.56 bits per heavy atom. The molecule has 1 saturated carbocycles. The summed E-state index contributed by atoms with van der Waals surface area (Å²) >= 11 is 0. The van der Waals surface area contributed by atoms with Crippen LogP contribution in [0.3, 0.4) is 0 Å². The Balaban J connectivity index is 1.58. The molecule has 0 amide bonds. The molecule has 0 bridgehead atoms. The van der Waals surface area contributed by atoms with Crippen molar-refractivity contribution >= 4 is 11.7 Å². The summed E-state index contributed by atoms with van der Waals surface area (Å²) < 4.78 is 19.0. The second kappa shape index (κ2) is 9.95. The predicted octanol–water partition coefficient (Wildman–Crippen LogP) is 5.69. The van der Waals surface area contributed by atoms with Crippen LogP contribution in [0.5, 0.6) is 5.75 Å². The first kappa shape index (κ1) is 22.7. The number of hydrogen-bond donors (Lipinski definition) is 1. The number of anilines is 1. The Morgan fingerprint density at radius 2 is 1.84 bits per heavy atom. The van der Waals surface area contributed by atoms with Crippen LogP contribution in [0.2, 0.25) is 0 Å². The predicted molar refractivity (Wildman–Crippen MR) is 126 cm³/mol. The van der Waals surface area contributed by atoms with Crippen LogP contribution in [-0.4, -0.2) is 31.3 Å². The summed E-state index contributed by atoms with van der Waals surface area (Å²) in [6.45, 7) is 4.49. The van der Waals surface area contributed by atoms with Gasteiger partial charge in [-0.2, -0.15) is 0 Å². The third-order valence-electron chi connectivity index (χ3n) is 6.65. The number of ether oxygens (including phenoxy) is 3. The minimum absolute atomic E-state index is 0.0189. The van der Waals surface area contributed by atoms with Gasteiger partial charge in [0.25, 0.3) is 0 Å². The molecule has 2 aliphatic rings. The van der Waals surface area contributed by atoms with Crippen LogP contribution in [0.4, 0.5) is 5.69 Å². The summed E-state index contributed by atoms with van der Waals surface area (Å²) in [4.78, 5) is 13.1. The Labute approximate surface area is 191 Å². The van der Waals surface area contributed by atoms with Gasteiger partial charge in [-0.3, -0.25) is 4.79 Å². The summed E-state index contributed by atoms with van der Waals surface area (Å²) in [7, 11) is 1.89. The van der Waals surface area contributed by atoms with Crippen molar-refractivity contribution in [3.63, 3.8) is 0 Å². The molecule has 5 nitrogen and oxygen atoms in total. The lowest BCUT2D eigenvalue weighted by Crippen LogP contribution is -2.52. The second-order valence-corrected chi connectivity index (χ2v) is 9.43. The molecule has 2 aromatic rings. The van der Waals surface area contributed by atoms with E-state index in [1.54, 1.807) is 0 Å². The molecule has 0 spiro atoms. The van der Waals surface area contributed by atoms with Gasteiger partial charge in [-0.15, -0.1) is 0 Å². The molecule has 5 heteroatoms. The van der Waals surface area contributed by atoms with E-state index in [9.17, 15) is 4.79 Å². The molecule has 2 aromatic carbocycles. The van der Waals surface area contributed by atoms with Crippen molar-refractivity contribution in [2.75, 3.05) is 19.0 Å². The van der Waals surface area contributed by atoms with Gasteiger partial charge in [-0.05, 0) is 56.9 Å². The SMILES string of the molecule is CNc1ccc2c(c1)C(OCCc1ccccc1)C(OC(=O)C1CCCCC1)C(C)(C)O2. The molecule has 0 aromatic heterocycles. The van der Waals surface area contributed by atoms with Gasteiger partial charge in [0, 0.05) is 18.3 Å².